The summed E-state index contributed by atoms with van der Waals surface area (Å²) in [7, 11) is 0. The van der Waals surface area contributed by atoms with Crippen LogP contribution < -0.4 is 4.90 Å². The van der Waals surface area contributed by atoms with Crippen LogP contribution in [-0.2, 0) is 6.54 Å². The molecule has 0 amide bonds. The van der Waals surface area contributed by atoms with Crippen molar-refractivity contribution in [2.24, 2.45) is 5.92 Å². The van der Waals surface area contributed by atoms with Gasteiger partial charge in [0.25, 0.3) is 0 Å². The highest BCUT2D eigenvalue weighted by Crippen LogP contribution is 2.36. The fraction of sp³-hybridized carbons (Fsp3) is 0.321. The highest BCUT2D eigenvalue weighted by atomic mass is 19.1. The summed E-state index contributed by atoms with van der Waals surface area (Å²) in [5.41, 5.74) is 6.57. The number of hydrogen-bond acceptors (Lipinski definition) is 4. The number of aliphatic hydroxyl groups is 1. The second-order valence-electron chi connectivity index (χ2n) is 10.1. The van der Waals surface area contributed by atoms with Crippen molar-refractivity contribution in [3.8, 4) is 28.3 Å². The smallest absolute Gasteiger partial charge is 0.161 e. The molecule has 2 fully saturated rings. The average molecular weight is 470 g/mol. The Hall–Kier alpha value is -3.42. The van der Waals surface area contributed by atoms with Crippen molar-refractivity contribution in [1.82, 2.24) is 19.0 Å². The molecule has 3 aliphatic heterocycles. The van der Waals surface area contributed by atoms with Gasteiger partial charge in [-0.1, -0.05) is 12.1 Å². The molecule has 1 N–H and O–H groups in total. The van der Waals surface area contributed by atoms with Crippen molar-refractivity contribution >= 4 is 5.69 Å². The van der Waals surface area contributed by atoms with E-state index in [4.69, 9.17) is 0 Å². The first-order valence-electron chi connectivity index (χ1n) is 12.4. The van der Waals surface area contributed by atoms with Crippen LogP contribution in [0.1, 0.15) is 12.0 Å². The molecule has 35 heavy (non-hydrogen) atoms. The third kappa shape index (κ3) is 3.58. The Balaban J connectivity index is 1.23. The summed E-state index contributed by atoms with van der Waals surface area (Å²) >= 11 is 0. The van der Waals surface area contributed by atoms with Gasteiger partial charge in [0.05, 0.1) is 17.5 Å². The standard InChI is InChI=1S/C28H28FN5O/c29-23-4-2-19(3-5-23)20-13-26-28-30-8-11-34(28)25-7-6-24(12-21(25)16-33(26)15-20)32-17-22(27(35)18-32)14-31-9-1-10-31/h2-8,11-13,15,22,27,35H,1,9-10,14,16-18H2/t22-,27-/m1/s1. The van der Waals surface area contributed by atoms with E-state index in [-0.39, 0.29) is 11.9 Å². The Morgan fingerprint density at radius 2 is 1.86 bits per heavy atom. The van der Waals surface area contributed by atoms with E-state index in [1.807, 2.05) is 24.5 Å². The van der Waals surface area contributed by atoms with Gasteiger partial charge in [-0.15, -0.1) is 0 Å². The number of hydrogen-bond donors (Lipinski definition) is 1. The van der Waals surface area contributed by atoms with E-state index in [0.717, 1.165) is 66.7 Å². The van der Waals surface area contributed by atoms with Gasteiger partial charge in [-0.25, -0.2) is 9.37 Å². The molecular weight excluding hydrogens is 441 g/mol. The van der Waals surface area contributed by atoms with Crippen LogP contribution in [0.25, 0.3) is 28.3 Å². The number of β-amino-alcohol motifs (C(OH)–C–C–N with tert-alkyl or cyclic N) is 1. The average Bonchev–Trinajstić information content (AvgIpc) is 3.54. The normalized spacial score (nSPS) is 21.3. The Morgan fingerprint density at radius 3 is 2.66 bits per heavy atom. The molecule has 0 saturated carbocycles. The number of aliphatic hydroxyl groups excluding tert-OH is 1. The first kappa shape index (κ1) is 20.9. The predicted molar refractivity (Wildman–Crippen MR) is 134 cm³/mol. The number of fused-ring (bicyclic) bond motifs is 5. The van der Waals surface area contributed by atoms with Crippen LogP contribution in [0.5, 0.6) is 0 Å². The summed E-state index contributed by atoms with van der Waals surface area (Å²) in [5, 5.41) is 10.7. The number of halogens is 1. The van der Waals surface area contributed by atoms with Gasteiger partial charge < -0.3 is 19.5 Å². The summed E-state index contributed by atoms with van der Waals surface area (Å²) in [6, 6.07) is 15.4. The molecule has 7 heteroatoms. The zero-order chi connectivity index (χ0) is 23.5. The lowest BCUT2D eigenvalue weighted by Gasteiger charge is -2.33. The van der Waals surface area contributed by atoms with E-state index < -0.39 is 0 Å². The van der Waals surface area contributed by atoms with Crippen molar-refractivity contribution in [3.05, 3.63) is 78.5 Å². The molecule has 6 nitrogen and oxygen atoms in total. The van der Waals surface area contributed by atoms with Crippen molar-refractivity contribution in [2.45, 2.75) is 19.1 Å². The summed E-state index contributed by atoms with van der Waals surface area (Å²) in [4.78, 5) is 9.45. The number of aromatic nitrogens is 3. The predicted octanol–water partition coefficient (Wildman–Crippen LogP) is 4.01. The SMILES string of the molecule is O[C@@H]1CN(c2ccc3c(c2)Cn2cc(-c4ccc(F)cc4)cc2-c2nccn2-3)C[C@H]1CN1CCC1. The largest absolute Gasteiger partial charge is 0.391 e. The molecule has 0 bridgehead atoms. The molecule has 3 aliphatic rings. The van der Waals surface area contributed by atoms with Crippen molar-refractivity contribution in [3.63, 3.8) is 0 Å². The van der Waals surface area contributed by atoms with Gasteiger partial charge in [-0.3, -0.25) is 4.57 Å². The third-order valence-corrected chi connectivity index (χ3v) is 7.82. The van der Waals surface area contributed by atoms with Gasteiger partial charge in [-0.05, 0) is 67.0 Å². The van der Waals surface area contributed by atoms with Crippen molar-refractivity contribution in [1.29, 1.82) is 0 Å². The lowest BCUT2D eigenvalue weighted by Crippen LogP contribution is -2.43. The Morgan fingerprint density at radius 1 is 1.00 bits per heavy atom. The van der Waals surface area contributed by atoms with Gasteiger partial charge >= 0.3 is 0 Å². The minimum absolute atomic E-state index is 0.231. The lowest BCUT2D eigenvalue weighted by atomic mass is 10.0. The zero-order valence-electron chi connectivity index (χ0n) is 19.5. The lowest BCUT2D eigenvalue weighted by molar-refractivity contribution is 0.0893. The number of rotatable bonds is 4. The molecule has 178 valence electrons. The van der Waals surface area contributed by atoms with Crippen LogP contribution in [0.15, 0.2) is 67.1 Å². The van der Waals surface area contributed by atoms with Crippen LogP contribution >= 0.6 is 0 Å². The second-order valence-corrected chi connectivity index (χ2v) is 10.1. The number of nitrogens with zero attached hydrogens (tertiary/aromatic N) is 5. The molecule has 0 spiro atoms. The van der Waals surface area contributed by atoms with Crippen LogP contribution in [0.3, 0.4) is 0 Å². The fourth-order valence-electron chi connectivity index (χ4n) is 5.77. The van der Waals surface area contributed by atoms with Gasteiger partial charge in [0.1, 0.15) is 5.82 Å². The van der Waals surface area contributed by atoms with E-state index in [2.05, 4.69) is 54.4 Å². The quantitative estimate of drug-likeness (QED) is 0.432. The minimum atomic E-state index is -0.288. The van der Waals surface area contributed by atoms with Crippen LogP contribution in [0, 0.1) is 11.7 Å². The van der Waals surface area contributed by atoms with E-state index in [1.54, 1.807) is 0 Å². The molecule has 4 aromatic rings. The zero-order valence-corrected chi connectivity index (χ0v) is 19.5. The fourth-order valence-corrected chi connectivity index (χ4v) is 5.77. The summed E-state index contributed by atoms with van der Waals surface area (Å²) in [6.45, 7) is 5.59. The number of likely N-dealkylation sites (tertiary alicyclic amines) is 1. The number of benzene rings is 2. The van der Waals surface area contributed by atoms with E-state index in [0.29, 0.717) is 12.5 Å². The van der Waals surface area contributed by atoms with Crippen molar-refractivity contribution < 1.29 is 9.50 Å². The molecule has 7 rings (SSSR count). The molecule has 0 aliphatic carbocycles. The first-order chi connectivity index (χ1) is 17.1. The molecule has 5 heterocycles. The van der Waals surface area contributed by atoms with Crippen LogP contribution in [-0.4, -0.2) is 63.0 Å². The minimum Gasteiger partial charge on any atom is -0.391 e. The van der Waals surface area contributed by atoms with Gasteiger partial charge in [0, 0.05) is 61.9 Å². The first-order valence-corrected chi connectivity index (χ1v) is 12.4. The number of anilines is 1. The topological polar surface area (TPSA) is 49.5 Å². The van der Waals surface area contributed by atoms with E-state index >= 15 is 0 Å². The van der Waals surface area contributed by atoms with Gasteiger partial charge in [-0.2, -0.15) is 0 Å². The van der Waals surface area contributed by atoms with E-state index in [9.17, 15) is 9.50 Å². The molecule has 2 aromatic heterocycles. The molecule has 2 aromatic carbocycles. The summed E-state index contributed by atoms with van der Waals surface area (Å²) in [6.07, 6.45) is 6.97. The highest BCUT2D eigenvalue weighted by molar-refractivity contribution is 5.72. The van der Waals surface area contributed by atoms with Gasteiger partial charge in [0.2, 0.25) is 0 Å². The third-order valence-electron chi connectivity index (χ3n) is 7.82. The van der Waals surface area contributed by atoms with Crippen LogP contribution in [0.4, 0.5) is 10.1 Å². The maximum absolute atomic E-state index is 13.5. The summed E-state index contributed by atoms with van der Waals surface area (Å²) in [5.74, 6) is 0.963. The molecule has 0 unspecified atom stereocenters. The molecule has 0 radical (unpaired) electrons. The maximum Gasteiger partial charge on any atom is 0.161 e. The molecule has 2 atom stereocenters. The Bertz CT molecular complexity index is 1390. The Labute approximate surface area is 203 Å². The highest BCUT2D eigenvalue weighted by Gasteiger charge is 2.34. The Kier molecular flexibility index (Phi) is 4.82. The monoisotopic (exact) mass is 469 g/mol. The molecular formula is C28H28FN5O. The number of imidazole rings is 1. The second kappa shape index (κ2) is 8.07. The summed E-state index contributed by atoms with van der Waals surface area (Å²) < 4.78 is 17.8. The maximum atomic E-state index is 13.5. The molecule has 2 saturated heterocycles. The van der Waals surface area contributed by atoms with Crippen LogP contribution in [0.2, 0.25) is 0 Å². The van der Waals surface area contributed by atoms with Crippen molar-refractivity contribution in [2.75, 3.05) is 37.6 Å². The van der Waals surface area contributed by atoms with E-state index in [1.165, 1.54) is 24.1 Å². The van der Waals surface area contributed by atoms with Gasteiger partial charge in [0.15, 0.2) is 5.82 Å².